The van der Waals surface area contributed by atoms with Gasteiger partial charge in [0, 0.05) is 11.3 Å². The van der Waals surface area contributed by atoms with Gasteiger partial charge in [-0.25, -0.2) is 0 Å². The summed E-state index contributed by atoms with van der Waals surface area (Å²) in [5.74, 6) is 0. The number of allylic oxidation sites excluding steroid dienone is 1. The molecule has 0 saturated heterocycles. The van der Waals surface area contributed by atoms with Crippen molar-refractivity contribution < 1.29 is 0 Å². The Bertz CT molecular complexity index is 202. The highest BCUT2D eigenvalue weighted by Crippen LogP contribution is 2.08. The van der Waals surface area contributed by atoms with Crippen LogP contribution in [-0.2, 0) is 6.42 Å². The fourth-order valence-electron chi connectivity index (χ4n) is 0.601. The topological polar surface area (TPSA) is 0 Å². The molecule has 1 aromatic rings. The van der Waals surface area contributed by atoms with Crippen molar-refractivity contribution in [2.24, 2.45) is 0 Å². The van der Waals surface area contributed by atoms with Crippen LogP contribution < -0.4 is 0 Å². The van der Waals surface area contributed by atoms with Gasteiger partial charge in [0.25, 0.3) is 0 Å². The second-order valence-corrected chi connectivity index (χ2v) is 2.72. The van der Waals surface area contributed by atoms with Crippen molar-refractivity contribution in [1.82, 2.24) is 0 Å². The van der Waals surface area contributed by atoms with Crippen LogP contribution in [0.15, 0.2) is 35.9 Å². The summed E-state index contributed by atoms with van der Waals surface area (Å²) < 4.78 is 0. The normalized spacial score (nSPS) is 8.44. The summed E-state index contributed by atoms with van der Waals surface area (Å²) >= 11 is 1.76. The van der Waals surface area contributed by atoms with Gasteiger partial charge in [-0.05, 0) is 17.5 Å². The quantitative estimate of drug-likeness (QED) is 0.548. The monoisotopic (exact) mass is 136 g/mol. The van der Waals surface area contributed by atoms with E-state index in [9.17, 15) is 0 Å². The lowest BCUT2D eigenvalue weighted by atomic mass is 10.3. The molecule has 0 atom stereocenters. The molecule has 1 heteroatoms. The Morgan fingerprint density at radius 3 is 3.22 bits per heavy atom. The predicted molar refractivity (Wildman–Crippen MR) is 41.7 cm³/mol. The maximum Gasteiger partial charge on any atom is 0.00892 e. The average molecular weight is 136 g/mol. The van der Waals surface area contributed by atoms with E-state index in [0.29, 0.717) is 0 Å². The van der Waals surface area contributed by atoms with Crippen molar-refractivity contribution in [3.05, 3.63) is 40.8 Å². The fourth-order valence-corrected chi connectivity index (χ4v) is 1.27. The van der Waals surface area contributed by atoms with Gasteiger partial charge in [-0.1, -0.05) is 12.6 Å². The largest absolute Gasteiger partial charge is 0.149 e. The van der Waals surface area contributed by atoms with Gasteiger partial charge in [-0.15, -0.1) is 17.1 Å². The summed E-state index contributed by atoms with van der Waals surface area (Å²) in [6.45, 7) is 3.48. The fraction of sp³-hybridized carbons (Fsp3) is 0.125. The van der Waals surface area contributed by atoms with Crippen LogP contribution in [0.3, 0.4) is 0 Å². The molecule has 1 rings (SSSR count). The lowest BCUT2D eigenvalue weighted by molar-refractivity contribution is 1.35. The smallest absolute Gasteiger partial charge is 0.00892 e. The van der Waals surface area contributed by atoms with E-state index in [1.807, 2.05) is 6.08 Å². The van der Waals surface area contributed by atoms with Crippen LogP contribution >= 0.6 is 11.3 Å². The number of hydrogen-bond donors (Lipinski definition) is 0. The van der Waals surface area contributed by atoms with Crippen LogP contribution in [-0.4, -0.2) is 0 Å². The maximum absolute atomic E-state index is 3.48. The van der Waals surface area contributed by atoms with E-state index in [1.54, 1.807) is 11.3 Å². The molecule has 46 valence electrons. The third-order valence-corrected chi connectivity index (χ3v) is 1.93. The minimum absolute atomic E-state index is 0.973. The molecule has 0 bridgehead atoms. The minimum Gasteiger partial charge on any atom is -0.149 e. The lowest BCUT2D eigenvalue weighted by Gasteiger charge is -1.81. The molecular formula is C8H8S. The van der Waals surface area contributed by atoms with Crippen LogP contribution in [0.2, 0.25) is 0 Å². The van der Waals surface area contributed by atoms with Crippen molar-refractivity contribution >= 4 is 11.3 Å². The molecule has 0 spiro atoms. The van der Waals surface area contributed by atoms with Gasteiger partial charge in [0.2, 0.25) is 0 Å². The molecule has 1 aromatic heterocycles. The van der Waals surface area contributed by atoms with Crippen LogP contribution in [0.25, 0.3) is 0 Å². The Morgan fingerprint density at radius 1 is 1.78 bits per heavy atom. The van der Waals surface area contributed by atoms with Gasteiger partial charge in [-0.3, -0.25) is 0 Å². The molecule has 0 radical (unpaired) electrons. The third kappa shape index (κ3) is 1.88. The van der Waals surface area contributed by atoms with E-state index < -0.39 is 0 Å². The molecule has 0 fully saturated rings. The Hall–Kier alpha value is -0.780. The molecule has 0 saturated carbocycles. The molecule has 0 aromatic carbocycles. The first kappa shape index (κ1) is 6.34. The van der Waals surface area contributed by atoms with Crippen LogP contribution in [0.1, 0.15) is 4.88 Å². The van der Waals surface area contributed by atoms with Gasteiger partial charge in [0.15, 0.2) is 0 Å². The Balaban J connectivity index is 2.57. The lowest BCUT2D eigenvalue weighted by Crippen LogP contribution is -1.67. The summed E-state index contributed by atoms with van der Waals surface area (Å²) in [6, 6.07) is 4.16. The highest BCUT2D eigenvalue weighted by atomic mass is 32.1. The Morgan fingerprint density at radius 2 is 2.67 bits per heavy atom. The minimum atomic E-state index is 0.973. The zero-order chi connectivity index (χ0) is 6.53. The van der Waals surface area contributed by atoms with Gasteiger partial charge < -0.3 is 0 Å². The zero-order valence-corrected chi connectivity index (χ0v) is 5.95. The molecule has 9 heavy (non-hydrogen) atoms. The first-order chi connectivity index (χ1) is 4.43. The van der Waals surface area contributed by atoms with Gasteiger partial charge in [0.1, 0.15) is 0 Å². The molecule has 0 nitrogen and oxygen atoms in total. The third-order valence-electron chi connectivity index (χ3n) is 1.03. The van der Waals surface area contributed by atoms with Crippen molar-refractivity contribution in [3.8, 4) is 0 Å². The van der Waals surface area contributed by atoms with Crippen molar-refractivity contribution in [1.29, 1.82) is 0 Å². The SMILES string of the molecule is C=C=CCc1cccs1. The second-order valence-electron chi connectivity index (χ2n) is 1.69. The van der Waals surface area contributed by atoms with Crippen LogP contribution in [0, 0.1) is 0 Å². The van der Waals surface area contributed by atoms with E-state index in [4.69, 9.17) is 0 Å². The van der Waals surface area contributed by atoms with E-state index in [-0.39, 0.29) is 0 Å². The maximum atomic E-state index is 3.48. The summed E-state index contributed by atoms with van der Waals surface area (Å²) in [4.78, 5) is 1.37. The summed E-state index contributed by atoms with van der Waals surface area (Å²) in [6.07, 6.45) is 2.91. The molecular weight excluding hydrogens is 128 g/mol. The molecule has 0 aliphatic carbocycles. The van der Waals surface area contributed by atoms with Gasteiger partial charge >= 0.3 is 0 Å². The van der Waals surface area contributed by atoms with E-state index in [2.05, 4.69) is 29.8 Å². The van der Waals surface area contributed by atoms with E-state index in [1.165, 1.54) is 4.88 Å². The Labute approximate surface area is 59.2 Å². The van der Waals surface area contributed by atoms with Gasteiger partial charge in [0.05, 0.1) is 0 Å². The van der Waals surface area contributed by atoms with Gasteiger partial charge in [-0.2, -0.15) is 0 Å². The number of hydrogen-bond acceptors (Lipinski definition) is 1. The summed E-state index contributed by atoms with van der Waals surface area (Å²) in [5, 5.41) is 2.08. The molecule has 0 amide bonds. The van der Waals surface area contributed by atoms with E-state index in [0.717, 1.165) is 6.42 Å². The average Bonchev–Trinajstić information content (AvgIpc) is 2.34. The molecule has 0 aliphatic rings. The molecule has 0 aliphatic heterocycles. The molecule has 1 heterocycles. The van der Waals surface area contributed by atoms with Crippen molar-refractivity contribution in [3.63, 3.8) is 0 Å². The summed E-state index contributed by atoms with van der Waals surface area (Å²) in [5.41, 5.74) is 2.74. The first-order valence-corrected chi connectivity index (χ1v) is 3.68. The van der Waals surface area contributed by atoms with Crippen LogP contribution in [0.5, 0.6) is 0 Å². The highest BCUT2D eigenvalue weighted by Gasteiger charge is 1.85. The highest BCUT2D eigenvalue weighted by molar-refractivity contribution is 7.09. The summed E-state index contributed by atoms with van der Waals surface area (Å²) in [7, 11) is 0. The predicted octanol–water partition coefficient (Wildman–Crippen LogP) is 2.63. The van der Waals surface area contributed by atoms with E-state index >= 15 is 0 Å². The number of rotatable bonds is 2. The van der Waals surface area contributed by atoms with Crippen molar-refractivity contribution in [2.45, 2.75) is 6.42 Å². The zero-order valence-electron chi connectivity index (χ0n) is 5.13. The van der Waals surface area contributed by atoms with Crippen LogP contribution in [0.4, 0.5) is 0 Å². The first-order valence-electron chi connectivity index (χ1n) is 2.80. The Kier molecular flexibility index (Phi) is 2.32. The molecule has 0 N–H and O–H groups in total. The second kappa shape index (κ2) is 3.29. The number of thiophene rings is 1. The standard InChI is InChI=1S/C8H8S/c1-2-3-5-8-6-4-7-9-8/h3-4,6-7H,1,5H2. The molecule has 0 unspecified atom stereocenters. The van der Waals surface area contributed by atoms with Crippen molar-refractivity contribution in [2.75, 3.05) is 0 Å².